The Morgan fingerprint density at radius 3 is 2.60 bits per heavy atom. The number of aryl methyl sites for hydroxylation is 1. The van der Waals surface area contributed by atoms with E-state index in [4.69, 9.17) is 11.6 Å². The summed E-state index contributed by atoms with van der Waals surface area (Å²) in [6, 6.07) is 15.0. The Morgan fingerprint density at radius 2 is 1.92 bits per heavy atom. The minimum Gasteiger partial charge on any atom is -0.301 e. The molecule has 1 N–H and O–H groups in total. The van der Waals surface area contributed by atoms with Crippen LogP contribution in [0, 0.1) is 0 Å². The molecular weight excluding hydrogens is 334 g/mol. The van der Waals surface area contributed by atoms with Gasteiger partial charge < -0.3 is 10.2 Å². The molecule has 25 heavy (non-hydrogen) atoms. The molecule has 0 aliphatic carbocycles. The zero-order chi connectivity index (χ0) is 17.8. The molecule has 1 heterocycles. The zero-order valence-electron chi connectivity index (χ0n) is 14.2. The van der Waals surface area contributed by atoms with Crippen LogP contribution in [0.2, 0.25) is 5.02 Å². The van der Waals surface area contributed by atoms with Gasteiger partial charge in [-0.15, -0.1) is 0 Å². The SMILES string of the molecule is CCc1ccccc1N=CC1=C(C)NN(c2ccc(Cl)cc2)C1C=O. The molecule has 0 amide bonds. The second-order valence-corrected chi connectivity index (χ2v) is 6.30. The fraction of sp³-hybridized carbons (Fsp3) is 0.200. The van der Waals surface area contributed by atoms with Gasteiger partial charge >= 0.3 is 0 Å². The molecule has 4 nitrogen and oxygen atoms in total. The van der Waals surface area contributed by atoms with Crippen LogP contribution in [0.3, 0.4) is 0 Å². The molecule has 2 aromatic rings. The van der Waals surface area contributed by atoms with Crippen molar-refractivity contribution in [1.82, 2.24) is 5.43 Å². The Kier molecular flexibility index (Phi) is 5.19. The van der Waals surface area contributed by atoms with E-state index >= 15 is 0 Å². The van der Waals surface area contributed by atoms with E-state index in [1.165, 1.54) is 5.56 Å². The largest absolute Gasteiger partial charge is 0.301 e. The lowest BCUT2D eigenvalue weighted by molar-refractivity contribution is -0.108. The number of hydrogen-bond donors (Lipinski definition) is 1. The summed E-state index contributed by atoms with van der Waals surface area (Å²) < 4.78 is 0. The van der Waals surface area contributed by atoms with Gasteiger partial charge in [0.15, 0.2) is 0 Å². The third kappa shape index (κ3) is 3.59. The average Bonchev–Trinajstić information content (AvgIpc) is 2.96. The molecule has 3 rings (SSSR count). The number of aliphatic imine (C=N–C) groups is 1. The Hall–Kier alpha value is -2.59. The molecule has 0 spiro atoms. The van der Waals surface area contributed by atoms with Gasteiger partial charge in [0.2, 0.25) is 0 Å². The van der Waals surface area contributed by atoms with Crippen LogP contribution in [-0.2, 0) is 11.2 Å². The summed E-state index contributed by atoms with van der Waals surface area (Å²) >= 11 is 5.95. The van der Waals surface area contributed by atoms with Crippen molar-refractivity contribution in [3.8, 4) is 0 Å². The third-order valence-electron chi connectivity index (χ3n) is 4.27. The number of halogens is 1. The highest BCUT2D eigenvalue weighted by Crippen LogP contribution is 2.27. The number of aldehydes is 1. The van der Waals surface area contributed by atoms with E-state index in [0.717, 1.165) is 35.4 Å². The van der Waals surface area contributed by atoms with Crippen LogP contribution in [0.1, 0.15) is 19.4 Å². The first-order chi connectivity index (χ1) is 12.1. The molecule has 5 heteroatoms. The van der Waals surface area contributed by atoms with E-state index in [9.17, 15) is 4.79 Å². The van der Waals surface area contributed by atoms with Gasteiger partial charge in [0.25, 0.3) is 0 Å². The molecular formula is C20H20ClN3O. The lowest BCUT2D eigenvalue weighted by Gasteiger charge is -2.24. The lowest BCUT2D eigenvalue weighted by Crippen LogP contribution is -2.40. The number of hydrazine groups is 1. The summed E-state index contributed by atoms with van der Waals surface area (Å²) in [5.74, 6) is 0. The number of rotatable bonds is 5. The van der Waals surface area contributed by atoms with E-state index in [1.54, 1.807) is 18.3 Å². The predicted octanol–water partition coefficient (Wildman–Crippen LogP) is 4.47. The van der Waals surface area contributed by atoms with Crippen molar-refractivity contribution in [3.63, 3.8) is 0 Å². The van der Waals surface area contributed by atoms with E-state index in [1.807, 2.05) is 42.3 Å². The van der Waals surface area contributed by atoms with Crippen LogP contribution >= 0.6 is 11.6 Å². The van der Waals surface area contributed by atoms with Crippen LogP contribution in [0.15, 0.2) is 64.8 Å². The van der Waals surface area contributed by atoms with Gasteiger partial charge in [0.05, 0.1) is 11.4 Å². The van der Waals surface area contributed by atoms with Gasteiger partial charge in [0, 0.05) is 22.5 Å². The summed E-state index contributed by atoms with van der Waals surface area (Å²) in [5.41, 5.74) is 8.00. The third-order valence-corrected chi connectivity index (χ3v) is 4.52. The maximum Gasteiger partial charge on any atom is 0.149 e. The normalized spacial score (nSPS) is 17.2. The lowest BCUT2D eigenvalue weighted by atomic mass is 10.1. The number of para-hydroxylation sites is 1. The quantitative estimate of drug-likeness (QED) is 0.637. The minimum absolute atomic E-state index is 0.432. The number of nitrogens with one attached hydrogen (secondary N) is 1. The first-order valence-electron chi connectivity index (χ1n) is 8.23. The minimum atomic E-state index is -0.432. The Balaban J connectivity index is 1.88. The number of hydrogen-bond acceptors (Lipinski definition) is 4. The molecule has 1 aliphatic heterocycles. The highest BCUT2D eigenvalue weighted by Gasteiger charge is 2.30. The number of nitrogens with zero attached hydrogens (tertiary/aromatic N) is 2. The molecule has 1 atom stereocenters. The molecule has 128 valence electrons. The van der Waals surface area contributed by atoms with E-state index in [-0.39, 0.29) is 0 Å². The number of anilines is 1. The fourth-order valence-corrected chi connectivity index (χ4v) is 3.01. The summed E-state index contributed by atoms with van der Waals surface area (Å²) in [6.45, 7) is 4.05. The fourth-order valence-electron chi connectivity index (χ4n) is 2.88. The topological polar surface area (TPSA) is 44.7 Å². The predicted molar refractivity (Wildman–Crippen MR) is 104 cm³/mol. The summed E-state index contributed by atoms with van der Waals surface area (Å²) in [7, 11) is 0. The number of carbonyl (C=O) groups excluding carboxylic acids is 1. The van der Waals surface area contributed by atoms with Crippen molar-refractivity contribution in [2.24, 2.45) is 4.99 Å². The molecule has 0 bridgehead atoms. The van der Waals surface area contributed by atoms with Gasteiger partial charge in [-0.1, -0.05) is 36.7 Å². The highest BCUT2D eigenvalue weighted by molar-refractivity contribution is 6.30. The van der Waals surface area contributed by atoms with Crippen molar-refractivity contribution in [2.45, 2.75) is 26.3 Å². The first kappa shape index (κ1) is 17.2. The van der Waals surface area contributed by atoms with Crippen LogP contribution in [0.4, 0.5) is 11.4 Å². The van der Waals surface area contributed by atoms with Crippen LogP contribution < -0.4 is 10.4 Å². The molecule has 0 saturated carbocycles. The standard InChI is InChI=1S/C20H20ClN3O/c1-3-15-6-4-5-7-19(15)22-12-18-14(2)23-24(20(18)13-25)17-10-8-16(21)9-11-17/h4-13,20,23H,3H2,1-2H3. The molecule has 0 fully saturated rings. The molecule has 1 unspecified atom stereocenters. The van der Waals surface area contributed by atoms with Gasteiger partial charge in [-0.05, 0) is 49.2 Å². The smallest absolute Gasteiger partial charge is 0.149 e. The first-order valence-corrected chi connectivity index (χ1v) is 8.61. The maximum absolute atomic E-state index is 11.7. The van der Waals surface area contributed by atoms with Gasteiger partial charge in [-0.25, -0.2) is 0 Å². The Bertz CT molecular complexity index is 827. The van der Waals surface area contributed by atoms with Gasteiger partial charge in [-0.2, -0.15) is 0 Å². The number of carbonyl (C=O) groups is 1. The Morgan fingerprint density at radius 1 is 1.20 bits per heavy atom. The monoisotopic (exact) mass is 353 g/mol. The molecule has 2 aromatic carbocycles. The highest BCUT2D eigenvalue weighted by atomic mass is 35.5. The molecule has 1 aliphatic rings. The van der Waals surface area contributed by atoms with Crippen molar-refractivity contribution >= 4 is 35.5 Å². The second-order valence-electron chi connectivity index (χ2n) is 5.86. The van der Waals surface area contributed by atoms with Crippen LogP contribution in [0.25, 0.3) is 0 Å². The van der Waals surface area contributed by atoms with Crippen molar-refractivity contribution in [1.29, 1.82) is 0 Å². The average molecular weight is 354 g/mol. The number of benzene rings is 2. The number of allylic oxidation sites excluding steroid dienone is 1. The van der Waals surface area contributed by atoms with Gasteiger partial charge in [-0.3, -0.25) is 10.0 Å². The van der Waals surface area contributed by atoms with E-state index in [0.29, 0.717) is 5.02 Å². The summed E-state index contributed by atoms with van der Waals surface area (Å²) in [4.78, 5) is 16.4. The van der Waals surface area contributed by atoms with E-state index in [2.05, 4.69) is 23.4 Å². The summed E-state index contributed by atoms with van der Waals surface area (Å²) in [5, 5.41) is 2.49. The van der Waals surface area contributed by atoms with E-state index < -0.39 is 6.04 Å². The van der Waals surface area contributed by atoms with Gasteiger partial charge in [0.1, 0.15) is 12.3 Å². The second kappa shape index (κ2) is 7.53. The summed E-state index contributed by atoms with van der Waals surface area (Å²) in [6.07, 6.45) is 3.62. The zero-order valence-corrected chi connectivity index (χ0v) is 15.0. The molecule has 0 radical (unpaired) electrons. The van der Waals surface area contributed by atoms with Crippen LogP contribution in [0.5, 0.6) is 0 Å². The maximum atomic E-state index is 11.7. The van der Waals surface area contributed by atoms with Crippen molar-refractivity contribution in [2.75, 3.05) is 5.01 Å². The van der Waals surface area contributed by atoms with Crippen LogP contribution in [-0.4, -0.2) is 18.5 Å². The Labute approximate surface area is 152 Å². The van der Waals surface area contributed by atoms with Crippen molar-refractivity contribution < 1.29 is 4.79 Å². The molecule has 0 aromatic heterocycles. The van der Waals surface area contributed by atoms with Crippen molar-refractivity contribution in [3.05, 3.63) is 70.4 Å². The molecule has 0 saturated heterocycles.